The van der Waals surface area contributed by atoms with Gasteiger partial charge in [0.05, 0.1) is 11.0 Å². The lowest BCUT2D eigenvalue weighted by molar-refractivity contribution is -0.384. The van der Waals surface area contributed by atoms with Crippen LogP contribution >= 0.6 is 0 Å². The number of aryl methyl sites for hydroxylation is 1. The van der Waals surface area contributed by atoms with E-state index in [2.05, 4.69) is 4.98 Å². The normalized spacial score (nSPS) is 11.8. The molecule has 8 heteroatoms. The van der Waals surface area contributed by atoms with E-state index in [0.717, 1.165) is 12.1 Å². The zero-order chi connectivity index (χ0) is 16.6. The molecule has 0 aliphatic carbocycles. The van der Waals surface area contributed by atoms with Gasteiger partial charge in [0.1, 0.15) is 11.3 Å². The van der Waals surface area contributed by atoms with Crippen molar-refractivity contribution >= 4 is 28.6 Å². The molecule has 8 nitrogen and oxygen atoms in total. The van der Waals surface area contributed by atoms with Gasteiger partial charge in [0.15, 0.2) is 22.8 Å². The second kappa shape index (κ2) is 5.41. The number of hydrogen-bond acceptors (Lipinski definition) is 7. The minimum absolute atomic E-state index is 0.00492. The molecule has 0 aliphatic heterocycles. The molecule has 1 N–H and O–H groups in total. The first-order chi connectivity index (χ1) is 10.9. The molecule has 0 amide bonds. The van der Waals surface area contributed by atoms with Gasteiger partial charge in [-0.15, -0.1) is 0 Å². The number of nitrogens with zero attached hydrogens (tertiary/aromatic N) is 2. The quantitative estimate of drug-likeness (QED) is 0.448. The Hall–Kier alpha value is -3.42. The van der Waals surface area contributed by atoms with E-state index in [0.29, 0.717) is 5.76 Å². The summed E-state index contributed by atoms with van der Waals surface area (Å²) < 4.78 is 10.3. The number of fused-ring (bicyclic) bond motifs is 1. The molecule has 0 aliphatic rings. The molecule has 23 heavy (non-hydrogen) atoms. The Morgan fingerprint density at radius 2 is 2.09 bits per heavy atom. The van der Waals surface area contributed by atoms with Gasteiger partial charge in [-0.1, -0.05) is 0 Å². The zero-order valence-corrected chi connectivity index (χ0v) is 11.8. The number of benzene rings is 1. The molecule has 3 rings (SSSR count). The standard InChI is InChI=1S/C15H10N2O6/c1-8-2-5-13(22-8)12(18)7-11-15(19)23-14-6-9(17(20)21)3-4-10(14)16-11/h2-7,18H,1H3. The van der Waals surface area contributed by atoms with Crippen LogP contribution in [0.15, 0.2) is 44.0 Å². The average Bonchev–Trinajstić information content (AvgIpc) is 2.94. The summed E-state index contributed by atoms with van der Waals surface area (Å²) in [5.74, 6) is 0.512. The summed E-state index contributed by atoms with van der Waals surface area (Å²) in [7, 11) is 0. The van der Waals surface area contributed by atoms with Gasteiger partial charge in [-0.3, -0.25) is 10.1 Å². The Morgan fingerprint density at radius 3 is 2.74 bits per heavy atom. The summed E-state index contributed by atoms with van der Waals surface area (Å²) in [5.41, 5.74) is -0.926. The molecule has 116 valence electrons. The molecular weight excluding hydrogens is 304 g/mol. The lowest BCUT2D eigenvalue weighted by Gasteiger charge is -1.99. The number of aromatic nitrogens is 1. The fourth-order valence-corrected chi connectivity index (χ4v) is 1.98. The molecule has 0 saturated heterocycles. The van der Waals surface area contributed by atoms with Crippen LogP contribution in [0.1, 0.15) is 17.2 Å². The first kappa shape index (κ1) is 14.5. The van der Waals surface area contributed by atoms with Gasteiger partial charge in [0.25, 0.3) is 5.69 Å². The van der Waals surface area contributed by atoms with Crippen LogP contribution in [0, 0.1) is 17.0 Å². The van der Waals surface area contributed by atoms with Gasteiger partial charge in [-0.2, -0.15) is 0 Å². The fourth-order valence-electron chi connectivity index (χ4n) is 1.98. The maximum absolute atomic E-state index is 11.9. The molecule has 2 aromatic heterocycles. The highest BCUT2D eigenvalue weighted by atomic mass is 16.6. The number of furan rings is 1. The second-order valence-electron chi connectivity index (χ2n) is 4.74. The monoisotopic (exact) mass is 314 g/mol. The number of hydrogen-bond donors (Lipinski definition) is 1. The van der Waals surface area contributed by atoms with Crippen molar-refractivity contribution in [2.45, 2.75) is 6.92 Å². The number of aliphatic hydroxyl groups is 1. The Labute approximate surface area is 128 Å². The lowest BCUT2D eigenvalue weighted by atomic mass is 10.2. The summed E-state index contributed by atoms with van der Waals surface area (Å²) in [4.78, 5) is 26.1. The van der Waals surface area contributed by atoms with E-state index >= 15 is 0 Å². The van der Waals surface area contributed by atoms with Crippen molar-refractivity contribution in [3.63, 3.8) is 0 Å². The summed E-state index contributed by atoms with van der Waals surface area (Å²) in [6.45, 7) is 1.71. The number of rotatable bonds is 3. The Balaban J connectivity index is 2.08. The second-order valence-corrected chi connectivity index (χ2v) is 4.74. The highest BCUT2D eigenvalue weighted by Crippen LogP contribution is 2.20. The zero-order valence-electron chi connectivity index (χ0n) is 11.8. The maximum atomic E-state index is 11.9. The highest BCUT2D eigenvalue weighted by molar-refractivity contribution is 5.78. The number of aliphatic hydroxyl groups excluding tert-OH is 1. The Morgan fingerprint density at radius 1 is 1.30 bits per heavy atom. The van der Waals surface area contributed by atoms with Crippen LogP contribution in [0.3, 0.4) is 0 Å². The Kier molecular flexibility index (Phi) is 3.41. The summed E-state index contributed by atoms with van der Waals surface area (Å²) in [5, 5.41) is 20.7. The minimum Gasteiger partial charge on any atom is -0.504 e. The third kappa shape index (κ3) is 2.82. The molecule has 0 bridgehead atoms. The number of nitro groups is 1. The van der Waals surface area contributed by atoms with E-state index in [-0.39, 0.29) is 34.0 Å². The smallest absolute Gasteiger partial charge is 0.362 e. The molecule has 3 aromatic rings. The van der Waals surface area contributed by atoms with Crippen LogP contribution in [0.5, 0.6) is 0 Å². The molecular formula is C15H10N2O6. The van der Waals surface area contributed by atoms with E-state index in [4.69, 9.17) is 8.83 Å². The van der Waals surface area contributed by atoms with Crippen molar-refractivity contribution in [1.29, 1.82) is 0 Å². The summed E-state index contributed by atoms with van der Waals surface area (Å²) in [6.07, 6.45) is 1.12. The fraction of sp³-hybridized carbons (Fsp3) is 0.0667. The molecule has 0 fully saturated rings. The van der Waals surface area contributed by atoms with E-state index in [1.54, 1.807) is 19.1 Å². The molecule has 0 unspecified atom stereocenters. The topological polar surface area (TPSA) is 120 Å². The lowest BCUT2D eigenvalue weighted by Crippen LogP contribution is -2.06. The molecule has 0 spiro atoms. The predicted octanol–water partition coefficient (Wildman–Crippen LogP) is 3.05. The van der Waals surface area contributed by atoms with Gasteiger partial charge in [-0.25, -0.2) is 9.78 Å². The summed E-state index contributed by atoms with van der Waals surface area (Å²) >= 11 is 0. The van der Waals surface area contributed by atoms with Crippen molar-refractivity contribution in [3.05, 3.63) is 68.1 Å². The molecule has 0 saturated carbocycles. The van der Waals surface area contributed by atoms with Gasteiger partial charge in [-0.05, 0) is 25.1 Å². The van der Waals surface area contributed by atoms with E-state index < -0.39 is 10.5 Å². The van der Waals surface area contributed by atoms with Crippen LogP contribution in [0.2, 0.25) is 0 Å². The first-order valence-corrected chi connectivity index (χ1v) is 6.51. The number of nitro benzene ring substituents is 1. The van der Waals surface area contributed by atoms with E-state index in [9.17, 15) is 20.0 Å². The third-order valence-corrected chi connectivity index (χ3v) is 3.07. The van der Waals surface area contributed by atoms with Gasteiger partial charge in [0, 0.05) is 12.1 Å². The Bertz CT molecular complexity index is 999. The van der Waals surface area contributed by atoms with Crippen molar-refractivity contribution in [1.82, 2.24) is 4.98 Å². The molecule has 2 heterocycles. The largest absolute Gasteiger partial charge is 0.504 e. The first-order valence-electron chi connectivity index (χ1n) is 6.51. The van der Waals surface area contributed by atoms with Crippen LogP contribution in [-0.2, 0) is 0 Å². The van der Waals surface area contributed by atoms with Crippen molar-refractivity contribution in [2.75, 3.05) is 0 Å². The van der Waals surface area contributed by atoms with Crippen molar-refractivity contribution in [3.8, 4) is 0 Å². The van der Waals surface area contributed by atoms with Gasteiger partial charge < -0.3 is 13.9 Å². The average molecular weight is 314 g/mol. The molecule has 0 atom stereocenters. The van der Waals surface area contributed by atoms with Crippen molar-refractivity contribution in [2.24, 2.45) is 0 Å². The highest BCUT2D eigenvalue weighted by Gasteiger charge is 2.12. The predicted molar refractivity (Wildman–Crippen MR) is 80.9 cm³/mol. The summed E-state index contributed by atoms with van der Waals surface area (Å²) in [6, 6.07) is 6.94. The van der Waals surface area contributed by atoms with Crippen LogP contribution in [-0.4, -0.2) is 15.0 Å². The van der Waals surface area contributed by atoms with E-state index in [1.165, 1.54) is 12.1 Å². The maximum Gasteiger partial charge on any atom is 0.362 e. The van der Waals surface area contributed by atoms with Crippen LogP contribution < -0.4 is 5.63 Å². The molecule has 1 aromatic carbocycles. The van der Waals surface area contributed by atoms with Gasteiger partial charge in [0.2, 0.25) is 0 Å². The van der Waals surface area contributed by atoms with E-state index in [1.807, 2.05) is 0 Å². The van der Waals surface area contributed by atoms with Crippen molar-refractivity contribution < 1.29 is 18.9 Å². The third-order valence-electron chi connectivity index (χ3n) is 3.07. The number of non-ortho nitro benzene ring substituents is 1. The van der Waals surface area contributed by atoms with Crippen LogP contribution in [0.4, 0.5) is 5.69 Å². The minimum atomic E-state index is -0.826. The van der Waals surface area contributed by atoms with Crippen LogP contribution in [0.25, 0.3) is 22.9 Å². The molecule has 0 radical (unpaired) electrons. The van der Waals surface area contributed by atoms with Gasteiger partial charge >= 0.3 is 5.63 Å². The SMILES string of the molecule is Cc1ccc(C(O)=Cc2nc3ccc([N+](=O)[O-])cc3oc2=O)o1.